The first-order valence-electron chi connectivity index (χ1n) is 5.79. The zero-order valence-corrected chi connectivity index (χ0v) is 12.0. The second kappa shape index (κ2) is 5.55. The van der Waals surface area contributed by atoms with E-state index in [4.69, 9.17) is 22.6 Å². The minimum absolute atomic E-state index is 0.0123. The molecule has 0 bridgehead atoms. The number of halogens is 1. The molecule has 1 rings (SSSR count). The van der Waals surface area contributed by atoms with Crippen molar-refractivity contribution in [2.24, 2.45) is 11.1 Å². The molecule has 0 saturated carbocycles. The van der Waals surface area contributed by atoms with Crippen LogP contribution in [0.2, 0.25) is 5.02 Å². The van der Waals surface area contributed by atoms with Gasteiger partial charge in [-0.3, -0.25) is 0 Å². The Kier molecular flexibility index (Phi) is 4.55. The highest BCUT2D eigenvalue weighted by molar-refractivity contribution is 6.33. The largest absolute Gasteiger partial charge is 0.358 e. The highest BCUT2D eigenvalue weighted by Gasteiger charge is 2.21. The summed E-state index contributed by atoms with van der Waals surface area (Å²) in [6.07, 6.45) is 0. The highest BCUT2D eigenvalue weighted by Crippen LogP contribution is 2.27. The Labute approximate surface area is 113 Å². The van der Waals surface area contributed by atoms with Crippen molar-refractivity contribution in [1.29, 1.82) is 5.26 Å². The molecule has 0 spiro atoms. The molecule has 0 saturated heterocycles. The Bertz CT molecular complexity index is 477. The average Bonchev–Trinajstić information content (AvgIpc) is 2.30. The lowest BCUT2D eigenvalue weighted by Crippen LogP contribution is -2.37. The summed E-state index contributed by atoms with van der Waals surface area (Å²) < 4.78 is 0. The van der Waals surface area contributed by atoms with Crippen LogP contribution in [0.1, 0.15) is 25.1 Å². The van der Waals surface area contributed by atoms with Crippen molar-refractivity contribution in [3.63, 3.8) is 0 Å². The summed E-state index contributed by atoms with van der Waals surface area (Å²) in [5.41, 5.74) is 6.91. The van der Waals surface area contributed by atoms with Crippen molar-refractivity contribution < 1.29 is 0 Å². The van der Waals surface area contributed by atoms with Crippen LogP contribution >= 0.6 is 11.6 Å². The van der Waals surface area contributed by atoms with Gasteiger partial charge < -0.3 is 10.6 Å². The van der Waals surface area contributed by atoms with Gasteiger partial charge in [-0.25, -0.2) is 4.98 Å². The zero-order valence-electron chi connectivity index (χ0n) is 11.3. The molecule has 0 unspecified atom stereocenters. The van der Waals surface area contributed by atoms with Crippen LogP contribution in [0.4, 0.5) is 5.82 Å². The second-order valence-electron chi connectivity index (χ2n) is 5.26. The molecule has 0 aliphatic heterocycles. The molecule has 0 radical (unpaired) electrons. The fourth-order valence-corrected chi connectivity index (χ4v) is 2.03. The molecule has 0 aliphatic carbocycles. The predicted octanol–water partition coefficient (Wildman–Crippen LogP) is 2.34. The molecule has 4 nitrogen and oxygen atoms in total. The lowest BCUT2D eigenvalue weighted by Gasteiger charge is -2.30. The highest BCUT2D eigenvalue weighted by atomic mass is 35.5. The molecule has 0 aromatic carbocycles. The van der Waals surface area contributed by atoms with E-state index in [-0.39, 0.29) is 5.41 Å². The second-order valence-corrected chi connectivity index (χ2v) is 5.67. The lowest BCUT2D eigenvalue weighted by molar-refractivity contribution is 0.384. The van der Waals surface area contributed by atoms with E-state index in [2.05, 4.69) is 24.9 Å². The van der Waals surface area contributed by atoms with Gasteiger partial charge in [0.2, 0.25) is 0 Å². The van der Waals surface area contributed by atoms with Gasteiger partial charge in [0.1, 0.15) is 11.9 Å². The number of hydrogen-bond donors (Lipinski definition) is 1. The topological polar surface area (TPSA) is 65.9 Å². The summed E-state index contributed by atoms with van der Waals surface area (Å²) in [7, 11) is 1.93. The molecule has 2 N–H and O–H groups in total. The predicted molar refractivity (Wildman–Crippen MR) is 74.8 cm³/mol. The molecule has 18 heavy (non-hydrogen) atoms. The van der Waals surface area contributed by atoms with E-state index in [1.54, 1.807) is 13.0 Å². The standard InChI is InChI=1S/C13H19ClN4/c1-9-10(6-15)5-11(14)12(17-9)18(4)8-13(2,3)7-16/h5H,7-8,16H2,1-4H3. The van der Waals surface area contributed by atoms with Crippen molar-refractivity contribution in [1.82, 2.24) is 4.98 Å². The van der Waals surface area contributed by atoms with Gasteiger partial charge in [0, 0.05) is 13.6 Å². The van der Waals surface area contributed by atoms with Crippen LogP contribution in [0.15, 0.2) is 6.07 Å². The minimum atomic E-state index is -0.0123. The van der Waals surface area contributed by atoms with Crippen LogP contribution in [0.25, 0.3) is 0 Å². The molecule has 5 heteroatoms. The van der Waals surface area contributed by atoms with E-state index < -0.39 is 0 Å². The summed E-state index contributed by atoms with van der Waals surface area (Å²) in [4.78, 5) is 6.37. The third kappa shape index (κ3) is 3.34. The maximum Gasteiger partial charge on any atom is 0.147 e. The van der Waals surface area contributed by atoms with Gasteiger partial charge in [0.05, 0.1) is 16.3 Å². The molecule has 0 atom stereocenters. The number of rotatable bonds is 4. The Morgan fingerprint density at radius 3 is 2.67 bits per heavy atom. The van der Waals surface area contributed by atoms with E-state index in [0.29, 0.717) is 28.6 Å². The smallest absolute Gasteiger partial charge is 0.147 e. The van der Waals surface area contributed by atoms with E-state index in [1.165, 1.54) is 0 Å². The molecule has 1 aromatic rings. The maximum absolute atomic E-state index is 8.92. The number of aryl methyl sites for hydroxylation is 1. The molecule has 1 aromatic heterocycles. The van der Waals surface area contributed by atoms with Crippen LogP contribution in [0.5, 0.6) is 0 Å². The van der Waals surface area contributed by atoms with E-state index in [0.717, 1.165) is 6.54 Å². The first kappa shape index (κ1) is 14.7. The molecule has 0 amide bonds. The summed E-state index contributed by atoms with van der Waals surface area (Å²) >= 11 is 6.16. The third-order valence-corrected chi connectivity index (χ3v) is 3.13. The fraction of sp³-hybridized carbons (Fsp3) is 0.538. The number of pyridine rings is 1. The third-order valence-electron chi connectivity index (χ3n) is 2.85. The SMILES string of the molecule is Cc1nc(N(C)CC(C)(C)CN)c(Cl)cc1C#N. The first-order valence-corrected chi connectivity index (χ1v) is 6.17. The fourth-order valence-electron chi connectivity index (χ4n) is 1.73. The Morgan fingerprint density at radius 2 is 2.17 bits per heavy atom. The van der Waals surface area contributed by atoms with Gasteiger partial charge in [-0.2, -0.15) is 5.26 Å². The maximum atomic E-state index is 8.92. The number of nitrogens with two attached hydrogens (primary N) is 1. The number of nitriles is 1. The number of aromatic nitrogens is 1. The monoisotopic (exact) mass is 266 g/mol. The quantitative estimate of drug-likeness (QED) is 0.908. The molecule has 0 fully saturated rings. The molecule has 98 valence electrons. The Balaban J connectivity index is 3.04. The van der Waals surface area contributed by atoms with E-state index in [9.17, 15) is 0 Å². The average molecular weight is 267 g/mol. The zero-order chi connectivity index (χ0) is 13.9. The summed E-state index contributed by atoms with van der Waals surface area (Å²) in [6, 6.07) is 3.73. The van der Waals surface area contributed by atoms with Crippen LogP contribution in [-0.2, 0) is 0 Å². The summed E-state index contributed by atoms with van der Waals surface area (Å²) in [5.74, 6) is 0.690. The Morgan fingerprint density at radius 1 is 1.56 bits per heavy atom. The van der Waals surface area contributed by atoms with Crippen molar-refractivity contribution in [2.45, 2.75) is 20.8 Å². The Hall–Kier alpha value is -1.31. The van der Waals surface area contributed by atoms with Gasteiger partial charge >= 0.3 is 0 Å². The molecular formula is C13H19ClN4. The van der Waals surface area contributed by atoms with E-state index in [1.807, 2.05) is 11.9 Å². The number of nitrogens with zero attached hydrogens (tertiary/aromatic N) is 3. The molecule has 1 heterocycles. The van der Waals surface area contributed by atoms with Crippen LogP contribution in [0, 0.1) is 23.7 Å². The summed E-state index contributed by atoms with van der Waals surface area (Å²) in [5, 5.41) is 9.41. The van der Waals surface area contributed by atoms with Crippen LogP contribution < -0.4 is 10.6 Å². The van der Waals surface area contributed by atoms with Gasteiger partial charge in [-0.15, -0.1) is 0 Å². The number of anilines is 1. The van der Waals surface area contributed by atoms with E-state index >= 15 is 0 Å². The van der Waals surface area contributed by atoms with Gasteiger partial charge in [0.15, 0.2) is 0 Å². The molecule has 0 aliphatic rings. The van der Waals surface area contributed by atoms with Crippen LogP contribution in [-0.4, -0.2) is 25.1 Å². The first-order chi connectivity index (χ1) is 8.30. The van der Waals surface area contributed by atoms with Gasteiger partial charge in [-0.1, -0.05) is 25.4 Å². The van der Waals surface area contributed by atoms with Crippen molar-refractivity contribution >= 4 is 17.4 Å². The normalized spacial score (nSPS) is 11.2. The number of hydrogen-bond acceptors (Lipinski definition) is 4. The van der Waals surface area contributed by atoms with Crippen molar-refractivity contribution in [3.05, 3.63) is 22.3 Å². The lowest BCUT2D eigenvalue weighted by atomic mass is 9.93. The van der Waals surface area contributed by atoms with Crippen molar-refractivity contribution in [2.75, 3.05) is 25.0 Å². The van der Waals surface area contributed by atoms with Gasteiger partial charge in [-0.05, 0) is 24.9 Å². The summed E-state index contributed by atoms with van der Waals surface area (Å²) in [6.45, 7) is 7.33. The van der Waals surface area contributed by atoms with Gasteiger partial charge in [0.25, 0.3) is 0 Å². The molecular weight excluding hydrogens is 248 g/mol. The minimum Gasteiger partial charge on any atom is -0.358 e. The van der Waals surface area contributed by atoms with Crippen molar-refractivity contribution in [3.8, 4) is 6.07 Å². The van der Waals surface area contributed by atoms with Crippen LogP contribution in [0.3, 0.4) is 0 Å².